The Balaban J connectivity index is 4.44. The average molecular weight is 184 g/mol. The van der Waals surface area contributed by atoms with Crippen LogP contribution in [0.15, 0.2) is 0 Å². The van der Waals surface area contributed by atoms with Crippen LogP contribution in [-0.2, 0) is 9.78 Å². The molecule has 4 N–H and O–H groups in total. The van der Waals surface area contributed by atoms with E-state index in [-0.39, 0.29) is 0 Å². The third-order valence-electron chi connectivity index (χ3n) is 0.735. The maximum Gasteiger partial charge on any atom is 0.585 e. The van der Waals surface area contributed by atoms with Crippen molar-refractivity contribution in [3.63, 3.8) is 0 Å². The Morgan fingerprint density at radius 1 is 1.00 bits per heavy atom. The molecule has 11 heavy (non-hydrogen) atoms. The molecule has 0 heterocycles. The maximum absolute atomic E-state index is 10.1. The van der Waals surface area contributed by atoms with Crippen molar-refractivity contribution in [3.8, 4) is 0 Å². The summed E-state index contributed by atoms with van der Waals surface area (Å²) in [6.45, 7) is 0. The molecule has 8 nitrogen and oxygen atoms in total. The van der Waals surface area contributed by atoms with E-state index in [0.29, 0.717) is 0 Å². The van der Waals surface area contributed by atoms with Crippen molar-refractivity contribution in [3.05, 3.63) is 0 Å². The second kappa shape index (κ2) is 3.41. The summed E-state index contributed by atoms with van der Waals surface area (Å²) in [4.78, 5) is 42.9. The van der Waals surface area contributed by atoms with Gasteiger partial charge in [0, 0.05) is 0 Å². The number of hydrogen-bond donors (Lipinski definition) is 4. The van der Waals surface area contributed by atoms with Gasteiger partial charge in [-0.2, -0.15) is 0 Å². The fraction of sp³-hybridized carbons (Fsp3) is 0. The minimum atomic E-state index is -5.13. The molecule has 0 aromatic heterocycles. The molecule has 0 aliphatic carbocycles. The molecule has 0 aliphatic rings. The van der Waals surface area contributed by atoms with Crippen molar-refractivity contribution < 1.29 is 39.5 Å². The maximum atomic E-state index is 10.1. The van der Waals surface area contributed by atoms with Crippen LogP contribution >= 0.6 is 0 Å². The highest BCUT2D eigenvalue weighted by Gasteiger charge is 2.54. The van der Waals surface area contributed by atoms with Crippen molar-refractivity contribution in [2.24, 2.45) is 0 Å². The Bertz CT molecular complexity index is 155. The summed E-state index contributed by atoms with van der Waals surface area (Å²) in [6, 6.07) is 0. The van der Waals surface area contributed by atoms with Crippen molar-refractivity contribution in [2.45, 2.75) is 0 Å². The molecular weight excluding hydrogens is 180 g/mol. The van der Waals surface area contributed by atoms with Gasteiger partial charge < -0.3 is 19.4 Å². The molecule has 0 aromatic rings. The molecule has 0 aromatic carbocycles. The molecule has 0 aliphatic heterocycles. The monoisotopic (exact) mass is 184 g/mol. The highest BCUT2D eigenvalue weighted by molar-refractivity contribution is 7.13. The quantitative estimate of drug-likeness (QED) is 0.239. The van der Waals surface area contributed by atoms with Crippen LogP contribution in [0.25, 0.3) is 0 Å². The van der Waals surface area contributed by atoms with Crippen molar-refractivity contribution in [1.82, 2.24) is 0 Å². The molecule has 0 amide bonds. The first-order chi connectivity index (χ1) is 4.96. The molecule has 64 valence electrons. The van der Waals surface area contributed by atoms with E-state index in [0.717, 1.165) is 0 Å². The van der Waals surface area contributed by atoms with Crippen molar-refractivity contribution >= 4 is 19.7 Å². The van der Waals surface area contributed by atoms with E-state index in [1.54, 1.807) is 0 Å². The van der Waals surface area contributed by atoms with Gasteiger partial charge in [0.05, 0.1) is 0 Å². The van der Waals surface area contributed by atoms with Crippen LogP contribution < -0.4 is 0 Å². The fourth-order valence-corrected chi connectivity index (χ4v) is 0.632. The van der Waals surface area contributed by atoms with Crippen LogP contribution in [0.3, 0.4) is 0 Å². The smallest absolute Gasteiger partial charge is 0.396 e. The summed E-state index contributed by atoms with van der Waals surface area (Å²) in [5.74, 6) is 0. The Hall–Kier alpha value is -1.00. The van der Waals surface area contributed by atoms with Crippen LogP contribution in [0.1, 0.15) is 0 Å². The minimum absolute atomic E-state index is 1.95. The number of carbonyl (C=O) groups is 2. The van der Waals surface area contributed by atoms with Gasteiger partial charge in [0.2, 0.25) is 0 Å². The van der Waals surface area contributed by atoms with Gasteiger partial charge in [-0.15, -0.1) is 0 Å². The molecule has 0 fully saturated rings. The lowest BCUT2D eigenvalue weighted by Crippen LogP contribution is -2.53. The lowest BCUT2D eigenvalue weighted by molar-refractivity contribution is -0.177. The first kappa shape index (κ1) is 10.00. The lowest BCUT2D eigenvalue weighted by Gasteiger charge is -2.07. The number of rotatable bonds is 2. The van der Waals surface area contributed by atoms with Gasteiger partial charge in [0.1, 0.15) is 0 Å². The molecule has 0 saturated heterocycles. The molecule has 0 unspecified atom stereocenters. The van der Waals surface area contributed by atoms with Crippen LogP contribution in [0.5, 0.6) is 0 Å². The standard InChI is InChI=1S/C2H4O8Si/c3-1(9-5)11(7,8)2(4)10-6/h5-8H. The molecule has 0 atom stereocenters. The van der Waals surface area contributed by atoms with Gasteiger partial charge in [0.15, 0.2) is 0 Å². The minimum Gasteiger partial charge on any atom is -0.396 e. The van der Waals surface area contributed by atoms with E-state index < -0.39 is 19.7 Å². The van der Waals surface area contributed by atoms with Crippen LogP contribution in [-0.4, -0.2) is 39.9 Å². The number of carbonyl (C=O) groups excluding carboxylic acids is 2. The molecule has 0 spiro atoms. The summed E-state index contributed by atoms with van der Waals surface area (Å²) in [7, 11) is -5.13. The van der Waals surface area contributed by atoms with Crippen LogP contribution in [0.2, 0.25) is 0 Å². The predicted octanol–water partition coefficient (Wildman–Crippen LogP) is -1.20. The van der Waals surface area contributed by atoms with E-state index in [9.17, 15) is 9.59 Å². The Labute approximate surface area is 60.3 Å². The van der Waals surface area contributed by atoms with Gasteiger partial charge in [-0.1, -0.05) is 0 Å². The topological polar surface area (TPSA) is 134 Å². The average Bonchev–Trinajstić information content (AvgIpc) is 2.01. The summed E-state index contributed by atoms with van der Waals surface area (Å²) in [6.07, 6.45) is 0. The highest BCUT2D eigenvalue weighted by Crippen LogP contribution is 2.00. The van der Waals surface area contributed by atoms with Crippen LogP contribution in [0.4, 0.5) is 9.59 Å². The summed E-state index contributed by atoms with van der Waals surface area (Å²) < 4.78 is 0. The molecule has 0 radical (unpaired) electrons. The molecular formula is C2H4O8Si. The molecule has 0 rings (SSSR count). The first-order valence-electron chi connectivity index (χ1n) is 2.13. The molecule has 0 saturated carbocycles. The van der Waals surface area contributed by atoms with Crippen molar-refractivity contribution in [2.75, 3.05) is 0 Å². The summed E-state index contributed by atoms with van der Waals surface area (Å²) in [5.41, 5.74) is -3.90. The third kappa shape index (κ3) is 1.96. The second-order valence-corrected chi connectivity index (χ2v) is 3.59. The van der Waals surface area contributed by atoms with Crippen LogP contribution in [0, 0.1) is 0 Å². The zero-order valence-electron chi connectivity index (χ0n) is 4.92. The molecule has 9 heteroatoms. The Morgan fingerprint density at radius 2 is 1.27 bits per heavy atom. The fourth-order valence-electron chi connectivity index (χ4n) is 0.211. The Morgan fingerprint density at radius 3 is 1.45 bits per heavy atom. The summed E-state index contributed by atoms with van der Waals surface area (Å²) in [5, 5.41) is 15.2. The van der Waals surface area contributed by atoms with Crippen molar-refractivity contribution in [1.29, 1.82) is 0 Å². The van der Waals surface area contributed by atoms with Gasteiger partial charge in [0.25, 0.3) is 0 Å². The molecule has 0 bridgehead atoms. The van der Waals surface area contributed by atoms with Gasteiger partial charge in [-0.3, -0.25) is 0 Å². The zero-order valence-corrected chi connectivity index (χ0v) is 5.92. The zero-order chi connectivity index (χ0) is 9.07. The third-order valence-corrected chi connectivity index (χ3v) is 2.06. The van der Waals surface area contributed by atoms with Gasteiger partial charge >= 0.3 is 19.7 Å². The van der Waals surface area contributed by atoms with E-state index in [1.165, 1.54) is 0 Å². The van der Waals surface area contributed by atoms with E-state index in [4.69, 9.17) is 20.1 Å². The predicted molar refractivity (Wildman–Crippen MR) is 28.4 cm³/mol. The normalized spacial score (nSPS) is 10.5. The lowest BCUT2D eigenvalue weighted by atomic mass is 11.5. The first-order valence-corrected chi connectivity index (χ1v) is 4.02. The Kier molecular flexibility index (Phi) is 3.10. The van der Waals surface area contributed by atoms with E-state index in [1.807, 2.05) is 0 Å². The van der Waals surface area contributed by atoms with Gasteiger partial charge in [-0.25, -0.2) is 20.1 Å². The second-order valence-electron chi connectivity index (χ2n) is 1.43. The number of hydrogen-bond acceptors (Lipinski definition) is 8. The summed E-state index contributed by atoms with van der Waals surface area (Å²) >= 11 is 0. The van der Waals surface area contributed by atoms with E-state index >= 15 is 0 Å². The largest absolute Gasteiger partial charge is 0.585 e. The van der Waals surface area contributed by atoms with E-state index in [2.05, 4.69) is 9.78 Å². The van der Waals surface area contributed by atoms with Gasteiger partial charge in [-0.05, 0) is 0 Å². The highest BCUT2D eigenvalue weighted by atomic mass is 28.4. The SMILES string of the molecule is O=C(OO)[Si](O)(O)C(=O)OO.